The molecule has 0 saturated carbocycles. The summed E-state index contributed by atoms with van der Waals surface area (Å²) in [6.07, 6.45) is 3.71. The van der Waals surface area contributed by atoms with Gasteiger partial charge in [0, 0.05) is 27.2 Å². The lowest BCUT2D eigenvalue weighted by molar-refractivity contribution is 0.492. The molecular weight excluding hydrogens is 202 g/mol. The Bertz CT molecular complexity index is 305. The van der Waals surface area contributed by atoms with Gasteiger partial charge in [-0.2, -0.15) is 0 Å². The molecule has 0 unspecified atom stereocenters. The van der Waals surface area contributed by atoms with Gasteiger partial charge >= 0.3 is 0 Å². The largest absolute Gasteiger partial charge is 0.362 e. The first-order chi connectivity index (χ1) is 7.65. The highest BCUT2D eigenvalue weighted by Gasteiger charge is 2.06. The molecule has 0 radical (unpaired) electrons. The molecule has 0 amide bonds. The van der Waals surface area contributed by atoms with E-state index in [-0.39, 0.29) is 0 Å². The van der Waals surface area contributed by atoms with Crippen LogP contribution in [0.15, 0.2) is 21.9 Å². The van der Waals surface area contributed by atoms with Gasteiger partial charge in [-0.25, -0.2) is 4.99 Å². The first kappa shape index (κ1) is 12.7. The lowest BCUT2D eigenvalue weighted by Gasteiger charge is -2.17. The second-order valence-corrected chi connectivity index (χ2v) is 3.89. The minimum atomic E-state index is 0.730. The van der Waals surface area contributed by atoms with E-state index in [1.165, 1.54) is 0 Å². The molecule has 0 aromatic heterocycles. The van der Waals surface area contributed by atoms with Gasteiger partial charge in [0.2, 0.25) is 0 Å². The van der Waals surface area contributed by atoms with E-state index in [1.54, 1.807) is 0 Å². The number of hydrogen-bond donors (Lipinski definition) is 1. The van der Waals surface area contributed by atoms with E-state index < -0.39 is 0 Å². The highest BCUT2D eigenvalue weighted by molar-refractivity contribution is 5.80. The summed E-state index contributed by atoms with van der Waals surface area (Å²) >= 11 is 0. The lowest BCUT2D eigenvalue weighted by atomic mass is 10.4. The smallest absolute Gasteiger partial charge is 0.101 e. The summed E-state index contributed by atoms with van der Waals surface area (Å²) in [7, 11) is 5.98. The normalized spacial score (nSPS) is 18.6. The Morgan fingerprint density at radius 1 is 1.75 bits per heavy atom. The molecule has 0 aliphatic carbocycles. The fraction of sp³-hybridized carbons (Fsp3) is 0.636. The monoisotopic (exact) mass is 223 g/mol. The maximum Gasteiger partial charge on any atom is 0.101 e. The highest BCUT2D eigenvalue weighted by Crippen LogP contribution is 2.06. The molecule has 16 heavy (non-hydrogen) atoms. The van der Waals surface area contributed by atoms with Crippen molar-refractivity contribution in [2.75, 3.05) is 40.8 Å². The second-order valence-electron chi connectivity index (χ2n) is 3.89. The van der Waals surface area contributed by atoms with Crippen molar-refractivity contribution in [2.24, 2.45) is 9.98 Å². The van der Waals surface area contributed by atoms with Gasteiger partial charge in [0.25, 0.3) is 0 Å². The first-order valence-corrected chi connectivity index (χ1v) is 5.47. The zero-order valence-corrected chi connectivity index (χ0v) is 10.6. The number of aliphatic imine (C=N–C) groups is 2. The third-order valence-electron chi connectivity index (χ3n) is 2.61. The van der Waals surface area contributed by atoms with Gasteiger partial charge in [-0.3, -0.25) is 4.99 Å². The van der Waals surface area contributed by atoms with Crippen LogP contribution in [0.2, 0.25) is 0 Å². The van der Waals surface area contributed by atoms with Crippen molar-refractivity contribution in [3.8, 4) is 0 Å². The lowest BCUT2D eigenvalue weighted by Crippen LogP contribution is -2.31. The van der Waals surface area contributed by atoms with Crippen molar-refractivity contribution >= 4 is 12.2 Å². The van der Waals surface area contributed by atoms with Gasteiger partial charge in [-0.15, -0.1) is 0 Å². The van der Waals surface area contributed by atoms with Crippen molar-refractivity contribution in [1.82, 2.24) is 15.1 Å². The first-order valence-electron chi connectivity index (χ1n) is 5.47. The Morgan fingerprint density at radius 3 is 3.06 bits per heavy atom. The summed E-state index contributed by atoms with van der Waals surface area (Å²) in [5.74, 6) is 1.02. The summed E-state index contributed by atoms with van der Waals surface area (Å²) < 4.78 is 0. The van der Waals surface area contributed by atoms with E-state index in [9.17, 15) is 0 Å². The SMILES string of the molecule is CNCCN(C)C(C)=N/C=C1\CN=CN1C. The minimum Gasteiger partial charge on any atom is -0.362 e. The molecular formula is C11H21N5. The Labute approximate surface area is 97.6 Å². The van der Waals surface area contributed by atoms with Crippen LogP contribution in [-0.4, -0.2) is 62.8 Å². The molecule has 0 bridgehead atoms. The van der Waals surface area contributed by atoms with Crippen LogP contribution >= 0.6 is 0 Å². The molecule has 1 heterocycles. The molecule has 90 valence electrons. The van der Waals surface area contributed by atoms with Gasteiger partial charge < -0.3 is 15.1 Å². The number of likely N-dealkylation sites (N-methyl/N-ethyl adjacent to an activating group) is 3. The molecule has 0 saturated heterocycles. The van der Waals surface area contributed by atoms with Crippen LogP contribution in [0.3, 0.4) is 0 Å². The van der Waals surface area contributed by atoms with E-state index in [1.807, 2.05) is 45.5 Å². The van der Waals surface area contributed by atoms with Crippen molar-refractivity contribution < 1.29 is 0 Å². The molecule has 1 aliphatic heterocycles. The van der Waals surface area contributed by atoms with Crippen molar-refractivity contribution in [1.29, 1.82) is 0 Å². The van der Waals surface area contributed by atoms with Crippen LogP contribution in [-0.2, 0) is 0 Å². The summed E-state index contributed by atoms with van der Waals surface area (Å²) in [5, 5.41) is 3.12. The van der Waals surface area contributed by atoms with Crippen molar-refractivity contribution in [2.45, 2.75) is 6.92 Å². The number of amidine groups is 1. The van der Waals surface area contributed by atoms with Crippen LogP contribution in [0, 0.1) is 0 Å². The molecule has 1 N–H and O–H groups in total. The molecule has 5 heteroatoms. The Morgan fingerprint density at radius 2 is 2.50 bits per heavy atom. The molecule has 0 atom stereocenters. The van der Waals surface area contributed by atoms with E-state index in [0.29, 0.717) is 0 Å². The van der Waals surface area contributed by atoms with Gasteiger partial charge in [0.15, 0.2) is 0 Å². The van der Waals surface area contributed by atoms with Gasteiger partial charge in [-0.05, 0) is 14.0 Å². The van der Waals surface area contributed by atoms with E-state index in [2.05, 4.69) is 20.2 Å². The maximum absolute atomic E-state index is 4.44. The van der Waals surface area contributed by atoms with Gasteiger partial charge in [-0.1, -0.05) is 0 Å². The third-order valence-corrected chi connectivity index (χ3v) is 2.61. The van der Waals surface area contributed by atoms with Crippen LogP contribution in [0.4, 0.5) is 0 Å². The summed E-state index contributed by atoms with van der Waals surface area (Å²) in [5.41, 5.74) is 1.13. The van der Waals surface area contributed by atoms with E-state index >= 15 is 0 Å². The predicted molar refractivity (Wildman–Crippen MR) is 68.9 cm³/mol. The molecule has 0 fully saturated rings. The number of hydrogen-bond acceptors (Lipinski definition) is 4. The molecule has 1 rings (SSSR count). The topological polar surface area (TPSA) is 43.2 Å². The number of rotatable bonds is 4. The zero-order chi connectivity index (χ0) is 12.0. The summed E-state index contributed by atoms with van der Waals surface area (Å²) in [6, 6.07) is 0. The Kier molecular flexibility index (Phi) is 4.98. The predicted octanol–water partition coefficient (Wildman–Crippen LogP) is 0.371. The fourth-order valence-corrected chi connectivity index (χ4v) is 1.28. The summed E-state index contributed by atoms with van der Waals surface area (Å²) in [4.78, 5) is 12.7. The van der Waals surface area contributed by atoms with Crippen molar-refractivity contribution in [3.63, 3.8) is 0 Å². The van der Waals surface area contributed by atoms with Crippen LogP contribution in [0.1, 0.15) is 6.92 Å². The standard InChI is InChI=1S/C11H21N5/c1-10(15(3)6-5-12-2)14-8-11-7-13-9-16(11)4/h8-9,12H,5-7H2,1-4H3/b11-8+,14-10?. The van der Waals surface area contributed by atoms with E-state index in [4.69, 9.17) is 0 Å². The number of nitrogens with zero attached hydrogens (tertiary/aromatic N) is 4. The molecule has 0 aromatic carbocycles. The van der Waals surface area contributed by atoms with E-state index in [0.717, 1.165) is 31.2 Å². The Balaban J connectivity index is 2.49. The minimum absolute atomic E-state index is 0.730. The van der Waals surface area contributed by atoms with Gasteiger partial charge in [0.05, 0.1) is 24.8 Å². The van der Waals surface area contributed by atoms with Gasteiger partial charge in [0.1, 0.15) is 5.84 Å². The van der Waals surface area contributed by atoms with Crippen LogP contribution in [0.25, 0.3) is 0 Å². The molecule has 0 aromatic rings. The molecule has 0 spiro atoms. The quantitative estimate of drug-likeness (QED) is 0.553. The molecule has 5 nitrogen and oxygen atoms in total. The fourth-order valence-electron chi connectivity index (χ4n) is 1.28. The molecule has 1 aliphatic rings. The maximum atomic E-state index is 4.44. The summed E-state index contributed by atoms with van der Waals surface area (Å²) in [6.45, 7) is 4.67. The third kappa shape index (κ3) is 3.66. The number of nitrogens with one attached hydrogen (secondary N) is 1. The average molecular weight is 223 g/mol. The average Bonchev–Trinajstić information content (AvgIpc) is 2.68. The van der Waals surface area contributed by atoms with Crippen LogP contribution < -0.4 is 5.32 Å². The van der Waals surface area contributed by atoms with Crippen molar-refractivity contribution in [3.05, 3.63) is 11.9 Å². The zero-order valence-electron chi connectivity index (χ0n) is 10.6. The second kappa shape index (κ2) is 6.27. The Hall–Kier alpha value is -1.36. The van der Waals surface area contributed by atoms with Crippen LogP contribution in [0.5, 0.6) is 0 Å². The highest BCUT2D eigenvalue weighted by atomic mass is 15.2.